The van der Waals surface area contributed by atoms with Gasteiger partial charge in [0, 0.05) is 24.0 Å². The molecule has 0 aliphatic heterocycles. The first kappa shape index (κ1) is 33.7. The third-order valence-corrected chi connectivity index (χ3v) is 9.79. The molecular formula is C36H40ClN3O4S. The second-order valence-corrected chi connectivity index (χ2v) is 13.6. The third kappa shape index (κ3) is 8.96. The molecule has 4 aromatic rings. The molecule has 4 aromatic carbocycles. The van der Waals surface area contributed by atoms with E-state index in [1.54, 1.807) is 36.4 Å². The first-order valence-corrected chi connectivity index (χ1v) is 16.8. The molecule has 2 amide bonds. The second kappa shape index (κ2) is 15.2. The highest BCUT2D eigenvalue weighted by molar-refractivity contribution is 7.92. The molecule has 0 aliphatic carbocycles. The lowest BCUT2D eigenvalue weighted by Gasteiger charge is -2.34. The number of carbonyl (C=O) groups excluding carboxylic acids is 2. The number of rotatable bonds is 13. The van der Waals surface area contributed by atoms with Crippen molar-refractivity contribution in [3.05, 3.63) is 130 Å². The first-order valence-electron chi connectivity index (χ1n) is 15.0. The lowest BCUT2D eigenvalue weighted by molar-refractivity contribution is -0.140. The molecule has 0 fully saturated rings. The summed E-state index contributed by atoms with van der Waals surface area (Å²) in [5.74, 6) is -0.811. The normalized spacial score (nSPS) is 12.6. The summed E-state index contributed by atoms with van der Waals surface area (Å²) in [6.45, 7) is 7.34. The Morgan fingerprint density at radius 2 is 1.38 bits per heavy atom. The summed E-state index contributed by atoms with van der Waals surface area (Å²) >= 11 is 6.14. The average molecular weight is 646 g/mol. The summed E-state index contributed by atoms with van der Waals surface area (Å²) in [4.78, 5) is 30.0. The van der Waals surface area contributed by atoms with Crippen molar-refractivity contribution < 1.29 is 18.0 Å². The predicted molar refractivity (Wildman–Crippen MR) is 181 cm³/mol. The van der Waals surface area contributed by atoms with Crippen LogP contribution in [0.3, 0.4) is 0 Å². The van der Waals surface area contributed by atoms with Gasteiger partial charge in [0.25, 0.3) is 10.0 Å². The minimum absolute atomic E-state index is 0.0521. The molecule has 0 bridgehead atoms. The van der Waals surface area contributed by atoms with Crippen LogP contribution in [-0.4, -0.2) is 43.8 Å². The number of hydrogen-bond acceptors (Lipinski definition) is 4. The van der Waals surface area contributed by atoms with Crippen LogP contribution in [0.5, 0.6) is 0 Å². The topological polar surface area (TPSA) is 86.8 Å². The highest BCUT2D eigenvalue weighted by atomic mass is 35.5. The summed E-state index contributed by atoms with van der Waals surface area (Å²) in [7, 11) is -4.18. The van der Waals surface area contributed by atoms with E-state index >= 15 is 0 Å². The zero-order valence-corrected chi connectivity index (χ0v) is 27.7. The van der Waals surface area contributed by atoms with Crippen LogP contribution in [0.15, 0.2) is 108 Å². The Balaban J connectivity index is 1.80. The SMILES string of the molecule is CC[C@H](C)NC(=O)[C@@H](Cc1ccccc1)N(Cc1ccc(C)cc1)C(=O)CN(c1ccc(Cl)cc1)S(=O)(=O)c1ccc(C)cc1. The molecule has 236 valence electrons. The molecule has 45 heavy (non-hydrogen) atoms. The molecule has 0 spiro atoms. The van der Waals surface area contributed by atoms with Gasteiger partial charge in [0.15, 0.2) is 0 Å². The summed E-state index contributed by atoms with van der Waals surface area (Å²) in [6.07, 6.45) is 0.973. The van der Waals surface area contributed by atoms with Crippen LogP contribution >= 0.6 is 11.6 Å². The zero-order chi connectivity index (χ0) is 32.6. The fourth-order valence-corrected chi connectivity index (χ4v) is 6.40. The van der Waals surface area contributed by atoms with E-state index < -0.39 is 28.5 Å². The molecule has 0 radical (unpaired) electrons. The molecule has 0 saturated carbocycles. The molecule has 0 aromatic heterocycles. The number of carbonyl (C=O) groups is 2. The van der Waals surface area contributed by atoms with Gasteiger partial charge < -0.3 is 10.2 Å². The maximum Gasteiger partial charge on any atom is 0.264 e. The number of anilines is 1. The van der Waals surface area contributed by atoms with Gasteiger partial charge in [-0.1, -0.05) is 96.4 Å². The van der Waals surface area contributed by atoms with Crippen LogP contribution in [-0.2, 0) is 32.6 Å². The maximum atomic E-state index is 14.5. The molecule has 0 unspecified atom stereocenters. The molecule has 0 heterocycles. The van der Waals surface area contributed by atoms with Gasteiger partial charge in [0.1, 0.15) is 12.6 Å². The molecular weight excluding hydrogens is 606 g/mol. The van der Waals surface area contributed by atoms with Gasteiger partial charge >= 0.3 is 0 Å². The van der Waals surface area contributed by atoms with Crippen molar-refractivity contribution in [2.45, 2.75) is 64.1 Å². The highest BCUT2D eigenvalue weighted by Crippen LogP contribution is 2.27. The minimum atomic E-state index is -4.18. The van der Waals surface area contributed by atoms with Crippen molar-refractivity contribution in [1.29, 1.82) is 0 Å². The van der Waals surface area contributed by atoms with Gasteiger partial charge in [0.2, 0.25) is 11.8 Å². The standard InChI is InChI=1S/C36H40ClN3O4S/c1-5-28(4)38-36(42)34(23-29-9-7-6-8-10-29)39(24-30-15-11-26(2)12-16-30)35(41)25-40(32-19-17-31(37)18-20-32)45(43,44)33-21-13-27(3)14-22-33/h6-22,28,34H,5,23-25H2,1-4H3,(H,38,42)/t28-,34+/m0/s1. The predicted octanol–water partition coefficient (Wildman–Crippen LogP) is 6.71. The molecule has 4 rings (SSSR count). The Kier molecular flexibility index (Phi) is 11.4. The van der Waals surface area contributed by atoms with Crippen LogP contribution in [0, 0.1) is 13.8 Å². The molecule has 0 saturated heterocycles. The van der Waals surface area contributed by atoms with Gasteiger partial charge in [-0.05, 0) is 74.7 Å². The van der Waals surface area contributed by atoms with Crippen molar-refractivity contribution in [1.82, 2.24) is 10.2 Å². The van der Waals surface area contributed by atoms with Gasteiger partial charge in [-0.15, -0.1) is 0 Å². The van der Waals surface area contributed by atoms with E-state index in [9.17, 15) is 18.0 Å². The van der Waals surface area contributed by atoms with Gasteiger partial charge in [-0.25, -0.2) is 8.42 Å². The van der Waals surface area contributed by atoms with Gasteiger partial charge in [-0.3, -0.25) is 13.9 Å². The van der Waals surface area contributed by atoms with Crippen molar-refractivity contribution in [3.63, 3.8) is 0 Å². The van der Waals surface area contributed by atoms with Crippen LogP contribution in [0.1, 0.15) is 42.5 Å². The Hall–Kier alpha value is -4.14. The number of benzene rings is 4. The maximum absolute atomic E-state index is 14.5. The Morgan fingerprint density at radius 3 is 1.96 bits per heavy atom. The summed E-state index contributed by atoms with van der Waals surface area (Å²) in [5.41, 5.74) is 3.95. The zero-order valence-electron chi connectivity index (χ0n) is 26.1. The molecule has 9 heteroatoms. The van der Waals surface area contributed by atoms with Gasteiger partial charge in [-0.2, -0.15) is 0 Å². The van der Waals surface area contributed by atoms with E-state index in [0.717, 1.165) is 33.0 Å². The number of nitrogens with one attached hydrogen (secondary N) is 1. The van der Waals surface area contributed by atoms with Crippen molar-refractivity contribution in [2.24, 2.45) is 0 Å². The van der Waals surface area contributed by atoms with E-state index in [0.29, 0.717) is 5.02 Å². The molecule has 2 atom stereocenters. The lowest BCUT2D eigenvalue weighted by Crippen LogP contribution is -2.54. The first-order chi connectivity index (χ1) is 21.5. The summed E-state index contributed by atoms with van der Waals surface area (Å²) < 4.78 is 29.3. The van der Waals surface area contributed by atoms with Crippen molar-refractivity contribution in [2.75, 3.05) is 10.8 Å². The summed E-state index contributed by atoms with van der Waals surface area (Å²) in [5, 5.41) is 3.49. The lowest BCUT2D eigenvalue weighted by atomic mass is 10.0. The van der Waals surface area contributed by atoms with E-state index in [2.05, 4.69) is 5.32 Å². The third-order valence-electron chi connectivity index (χ3n) is 7.75. The number of nitrogens with zero attached hydrogens (tertiary/aromatic N) is 2. The monoisotopic (exact) mass is 645 g/mol. The summed E-state index contributed by atoms with van der Waals surface area (Å²) in [6, 6.07) is 29.0. The van der Waals surface area contributed by atoms with Crippen molar-refractivity contribution >= 4 is 39.1 Å². The number of amides is 2. The van der Waals surface area contributed by atoms with E-state index in [4.69, 9.17) is 11.6 Å². The Morgan fingerprint density at radius 1 is 0.800 bits per heavy atom. The minimum Gasteiger partial charge on any atom is -0.352 e. The van der Waals surface area contributed by atoms with Crippen LogP contribution in [0.2, 0.25) is 5.02 Å². The molecule has 0 aliphatic rings. The number of aryl methyl sites for hydroxylation is 2. The van der Waals surface area contributed by atoms with Crippen molar-refractivity contribution in [3.8, 4) is 0 Å². The van der Waals surface area contributed by atoms with Gasteiger partial charge in [0.05, 0.1) is 10.6 Å². The number of sulfonamides is 1. The van der Waals surface area contributed by atoms with Crippen LogP contribution in [0.4, 0.5) is 5.69 Å². The van der Waals surface area contributed by atoms with E-state index in [-0.39, 0.29) is 35.5 Å². The molecule has 1 N–H and O–H groups in total. The van der Waals surface area contributed by atoms with Crippen LogP contribution in [0.25, 0.3) is 0 Å². The second-order valence-electron chi connectivity index (χ2n) is 11.3. The fraction of sp³-hybridized carbons (Fsp3) is 0.278. The Labute approximate surface area is 271 Å². The largest absolute Gasteiger partial charge is 0.352 e. The number of hydrogen-bond donors (Lipinski definition) is 1. The van der Waals surface area contributed by atoms with E-state index in [1.165, 1.54) is 17.0 Å². The number of halogens is 1. The quantitative estimate of drug-likeness (QED) is 0.175. The van der Waals surface area contributed by atoms with E-state index in [1.807, 2.05) is 82.3 Å². The molecule has 7 nitrogen and oxygen atoms in total. The Bertz CT molecular complexity index is 1680. The van der Waals surface area contributed by atoms with Crippen LogP contribution < -0.4 is 9.62 Å². The smallest absolute Gasteiger partial charge is 0.264 e. The highest BCUT2D eigenvalue weighted by Gasteiger charge is 2.35. The average Bonchev–Trinajstić information content (AvgIpc) is 3.03. The fourth-order valence-electron chi connectivity index (χ4n) is 4.86.